The van der Waals surface area contributed by atoms with Gasteiger partial charge in [-0.1, -0.05) is 28.6 Å². The van der Waals surface area contributed by atoms with Crippen LogP contribution in [0.3, 0.4) is 0 Å². The molecule has 11 heavy (non-hydrogen) atoms. The maximum atomic E-state index is 4.32. The van der Waals surface area contributed by atoms with Gasteiger partial charge in [-0.25, -0.2) is 0 Å². The second-order valence-electron chi connectivity index (χ2n) is 2.46. The van der Waals surface area contributed by atoms with Gasteiger partial charge in [0.05, 0.1) is 0 Å². The number of halogens is 1. The number of rotatable bonds is 2. The lowest BCUT2D eigenvalue weighted by molar-refractivity contribution is 1.06. The van der Waals surface area contributed by atoms with Crippen LogP contribution in [0.2, 0.25) is 0 Å². The third-order valence-electron chi connectivity index (χ3n) is 1.32. The van der Waals surface area contributed by atoms with Gasteiger partial charge >= 0.3 is 0 Å². The Morgan fingerprint density at radius 1 is 1.64 bits per heavy atom. The van der Waals surface area contributed by atoms with Crippen molar-refractivity contribution < 1.29 is 0 Å². The highest BCUT2D eigenvalue weighted by Crippen LogP contribution is 2.09. The van der Waals surface area contributed by atoms with Gasteiger partial charge in [0.2, 0.25) is 0 Å². The van der Waals surface area contributed by atoms with Gasteiger partial charge in [0.15, 0.2) is 0 Å². The third kappa shape index (κ3) is 2.85. The minimum absolute atomic E-state index is 0.807. The molecule has 0 atom stereocenters. The summed E-state index contributed by atoms with van der Waals surface area (Å²) in [5.74, 6) is 0. The molecule has 0 aliphatic carbocycles. The molecule has 1 rings (SSSR count). The smallest absolute Gasteiger partial charge is 0.0455 e. The second-order valence-corrected chi connectivity index (χ2v) is 3.59. The molecule has 0 bridgehead atoms. The van der Waals surface area contributed by atoms with E-state index in [9.17, 15) is 0 Å². The van der Waals surface area contributed by atoms with Crippen LogP contribution in [0.4, 0.5) is 0 Å². The van der Waals surface area contributed by atoms with E-state index in [0.717, 1.165) is 22.3 Å². The highest BCUT2D eigenvalue weighted by Gasteiger charge is 1.94. The Balaban J connectivity index is 2.79. The third-order valence-corrected chi connectivity index (χ3v) is 1.60. The monoisotopic (exact) mass is 211 g/mol. The zero-order valence-electron chi connectivity index (χ0n) is 6.47. The summed E-state index contributed by atoms with van der Waals surface area (Å²) in [6, 6.07) is 5.99. The average molecular weight is 212 g/mol. The van der Waals surface area contributed by atoms with Crippen LogP contribution in [0.15, 0.2) is 29.3 Å². The molecule has 1 aromatic rings. The molecule has 0 fully saturated rings. The Hall–Kier alpha value is -0.630. The van der Waals surface area contributed by atoms with Crippen molar-refractivity contribution in [1.29, 1.82) is 0 Å². The maximum absolute atomic E-state index is 4.32. The fraction of sp³-hybridized carbons (Fsp3) is 0.222. The Bertz CT molecular complexity index is 268. The van der Waals surface area contributed by atoms with Crippen LogP contribution in [0.25, 0.3) is 0 Å². The summed E-state index contributed by atoms with van der Waals surface area (Å²) in [6.45, 7) is 5.74. The molecule has 2 heteroatoms. The summed E-state index contributed by atoms with van der Waals surface area (Å²) in [5, 5.41) is 0. The van der Waals surface area contributed by atoms with Gasteiger partial charge in [-0.2, -0.15) is 0 Å². The first-order valence-corrected chi connectivity index (χ1v) is 4.23. The van der Waals surface area contributed by atoms with Crippen LogP contribution >= 0.6 is 15.9 Å². The Morgan fingerprint density at radius 2 is 2.36 bits per heavy atom. The number of hydrogen-bond acceptors (Lipinski definition) is 1. The Labute approximate surface area is 75.3 Å². The molecule has 1 heterocycles. The topological polar surface area (TPSA) is 12.9 Å². The predicted octanol–water partition coefficient (Wildman–Crippen LogP) is 2.84. The van der Waals surface area contributed by atoms with Crippen molar-refractivity contribution in [2.24, 2.45) is 0 Å². The van der Waals surface area contributed by atoms with Crippen molar-refractivity contribution in [1.82, 2.24) is 4.98 Å². The van der Waals surface area contributed by atoms with E-state index in [1.807, 2.05) is 25.1 Å². The normalized spacial score (nSPS) is 9.64. The lowest BCUT2D eigenvalue weighted by Crippen LogP contribution is -1.90. The van der Waals surface area contributed by atoms with E-state index in [4.69, 9.17) is 0 Å². The Kier molecular flexibility index (Phi) is 2.83. The van der Waals surface area contributed by atoms with Gasteiger partial charge in [-0.3, -0.25) is 4.98 Å². The lowest BCUT2D eigenvalue weighted by Gasteiger charge is -1.98. The molecule has 0 radical (unpaired) electrons. The molecule has 0 unspecified atom stereocenters. The van der Waals surface area contributed by atoms with E-state index in [1.165, 1.54) is 0 Å². The van der Waals surface area contributed by atoms with Gasteiger partial charge in [-0.15, -0.1) is 0 Å². The largest absolute Gasteiger partial charge is 0.258 e. The first-order chi connectivity index (χ1) is 5.18. The number of nitrogens with zero attached hydrogens (tertiary/aromatic N) is 1. The number of aryl methyl sites for hydroxylation is 1. The second kappa shape index (κ2) is 3.67. The quantitative estimate of drug-likeness (QED) is 0.734. The molecule has 0 saturated carbocycles. The SMILES string of the molecule is C=C(Br)Cc1cccc(C)n1. The minimum atomic E-state index is 0.807. The number of allylic oxidation sites excluding steroid dienone is 1. The predicted molar refractivity (Wildman–Crippen MR) is 50.7 cm³/mol. The fourth-order valence-electron chi connectivity index (χ4n) is 0.894. The molecule has 0 spiro atoms. The maximum Gasteiger partial charge on any atom is 0.0455 e. The molecule has 0 N–H and O–H groups in total. The molecule has 1 aromatic heterocycles. The van der Waals surface area contributed by atoms with Crippen molar-refractivity contribution in [2.75, 3.05) is 0 Å². The van der Waals surface area contributed by atoms with Crippen molar-refractivity contribution in [2.45, 2.75) is 13.3 Å². The van der Waals surface area contributed by atoms with Crippen LogP contribution in [0, 0.1) is 6.92 Å². The standard InChI is InChI=1S/C9H10BrN/c1-7(10)6-9-5-3-4-8(2)11-9/h3-5H,1,6H2,2H3. The lowest BCUT2D eigenvalue weighted by atomic mass is 10.2. The van der Waals surface area contributed by atoms with Gasteiger partial charge in [-0.05, 0) is 23.5 Å². The highest BCUT2D eigenvalue weighted by atomic mass is 79.9. The van der Waals surface area contributed by atoms with E-state index in [2.05, 4.69) is 27.5 Å². The molecule has 0 aliphatic rings. The number of pyridine rings is 1. The molecule has 0 aliphatic heterocycles. The summed E-state index contributed by atoms with van der Waals surface area (Å²) in [5.41, 5.74) is 2.11. The molecule has 0 aromatic carbocycles. The first kappa shape index (κ1) is 8.47. The molecular formula is C9H10BrN. The van der Waals surface area contributed by atoms with Crippen LogP contribution in [0.1, 0.15) is 11.4 Å². The molecule has 1 nitrogen and oxygen atoms in total. The average Bonchev–Trinajstić information content (AvgIpc) is 1.85. The summed E-state index contributed by atoms with van der Waals surface area (Å²) < 4.78 is 0.968. The number of hydrogen-bond donors (Lipinski definition) is 0. The molecule has 58 valence electrons. The zero-order chi connectivity index (χ0) is 8.27. The van der Waals surface area contributed by atoms with E-state index in [0.29, 0.717) is 0 Å². The van der Waals surface area contributed by atoms with Crippen molar-refractivity contribution >= 4 is 15.9 Å². The van der Waals surface area contributed by atoms with Crippen molar-refractivity contribution in [3.05, 3.63) is 40.6 Å². The first-order valence-electron chi connectivity index (χ1n) is 3.44. The van der Waals surface area contributed by atoms with Crippen molar-refractivity contribution in [3.8, 4) is 0 Å². The summed E-state index contributed by atoms with van der Waals surface area (Å²) in [7, 11) is 0. The Morgan fingerprint density at radius 3 is 2.91 bits per heavy atom. The summed E-state index contributed by atoms with van der Waals surface area (Å²) in [6.07, 6.45) is 0.807. The molecule has 0 amide bonds. The fourth-order valence-corrected chi connectivity index (χ4v) is 1.18. The van der Waals surface area contributed by atoms with Gasteiger partial charge < -0.3 is 0 Å². The van der Waals surface area contributed by atoms with E-state index in [1.54, 1.807) is 0 Å². The molecular weight excluding hydrogens is 202 g/mol. The summed E-state index contributed by atoms with van der Waals surface area (Å²) >= 11 is 3.30. The molecule has 0 saturated heterocycles. The summed E-state index contributed by atoms with van der Waals surface area (Å²) in [4.78, 5) is 4.32. The highest BCUT2D eigenvalue weighted by molar-refractivity contribution is 9.11. The van der Waals surface area contributed by atoms with E-state index >= 15 is 0 Å². The van der Waals surface area contributed by atoms with Gasteiger partial charge in [0.25, 0.3) is 0 Å². The van der Waals surface area contributed by atoms with E-state index in [-0.39, 0.29) is 0 Å². The number of aromatic nitrogens is 1. The van der Waals surface area contributed by atoms with Gasteiger partial charge in [0, 0.05) is 17.8 Å². The zero-order valence-corrected chi connectivity index (χ0v) is 8.06. The van der Waals surface area contributed by atoms with Crippen LogP contribution in [-0.2, 0) is 6.42 Å². The van der Waals surface area contributed by atoms with Gasteiger partial charge in [0.1, 0.15) is 0 Å². The van der Waals surface area contributed by atoms with Crippen molar-refractivity contribution in [3.63, 3.8) is 0 Å². The van der Waals surface area contributed by atoms with Crippen LogP contribution in [0.5, 0.6) is 0 Å². The van der Waals surface area contributed by atoms with E-state index < -0.39 is 0 Å². The van der Waals surface area contributed by atoms with Crippen LogP contribution < -0.4 is 0 Å². The van der Waals surface area contributed by atoms with Crippen LogP contribution in [-0.4, -0.2) is 4.98 Å². The minimum Gasteiger partial charge on any atom is -0.258 e.